The molecule has 0 aliphatic rings. The maximum absolute atomic E-state index is 11.8. The molecule has 0 spiro atoms. The van der Waals surface area contributed by atoms with Gasteiger partial charge in [0, 0.05) is 11.5 Å². The molecule has 0 saturated carbocycles. The summed E-state index contributed by atoms with van der Waals surface area (Å²) in [7, 11) is 3.04. The Morgan fingerprint density at radius 3 is 2.25 bits per heavy atom. The van der Waals surface area contributed by atoms with Crippen molar-refractivity contribution < 1.29 is 14.3 Å². The van der Waals surface area contributed by atoms with Gasteiger partial charge in [-0.25, -0.2) is 0 Å². The molecule has 0 aliphatic heterocycles. The van der Waals surface area contributed by atoms with Gasteiger partial charge in [-0.1, -0.05) is 26.0 Å². The van der Waals surface area contributed by atoms with Gasteiger partial charge in [0.05, 0.1) is 20.6 Å². The highest BCUT2D eigenvalue weighted by atomic mass is 16.5. The van der Waals surface area contributed by atoms with E-state index in [9.17, 15) is 4.79 Å². The molecule has 1 rings (SSSR count). The summed E-state index contributed by atoms with van der Waals surface area (Å²) in [4.78, 5) is 11.8. The monoisotopic (exact) mass is 279 g/mol. The van der Waals surface area contributed by atoms with E-state index < -0.39 is 5.41 Å². The Hall–Kier alpha value is -1.55. The van der Waals surface area contributed by atoms with Crippen molar-refractivity contribution in [2.24, 2.45) is 5.73 Å². The molecular formula is C16H25NO3. The predicted octanol–water partition coefficient (Wildman–Crippen LogP) is 2.64. The molecule has 2 atom stereocenters. The van der Waals surface area contributed by atoms with Crippen LogP contribution in [0.4, 0.5) is 0 Å². The van der Waals surface area contributed by atoms with E-state index in [-0.39, 0.29) is 12.0 Å². The molecule has 0 amide bonds. The Bertz CT molecular complexity index is 430. The first kappa shape index (κ1) is 16.5. The molecule has 0 bridgehead atoms. The van der Waals surface area contributed by atoms with Gasteiger partial charge < -0.3 is 15.2 Å². The Kier molecular flexibility index (Phi) is 6.02. The summed E-state index contributed by atoms with van der Waals surface area (Å²) < 4.78 is 10.0. The standard InChI is InChI=1S/C16H25NO3/c1-5-14(17)16(6-2,11-15(18)20-4)12-7-9-13(19-3)10-8-12/h7-10,14H,5-6,11,17H2,1-4H3. The molecule has 4 heteroatoms. The lowest BCUT2D eigenvalue weighted by atomic mass is 9.69. The summed E-state index contributed by atoms with van der Waals surface area (Å²) in [5.74, 6) is 0.563. The first-order valence-electron chi connectivity index (χ1n) is 7.01. The van der Waals surface area contributed by atoms with E-state index in [1.807, 2.05) is 31.2 Å². The first-order valence-corrected chi connectivity index (χ1v) is 7.01. The van der Waals surface area contributed by atoms with Gasteiger partial charge in [0.15, 0.2) is 0 Å². The maximum atomic E-state index is 11.8. The molecule has 2 N–H and O–H groups in total. The molecule has 0 aromatic heterocycles. The smallest absolute Gasteiger partial charge is 0.306 e. The van der Waals surface area contributed by atoms with Crippen molar-refractivity contribution in [3.63, 3.8) is 0 Å². The highest BCUT2D eigenvalue weighted by Gasteiger charge is 2.38. The predicted molar refractivity (Wildman–Crippen MR) is 79.9 cm³/mol. The molecule has 1 aromatic carbocycles. The number of methoxy groups -OCH3 is 2. The minimum atomic E-state index is -0.395. The number of rotatable bonds is 7. The maximum Gasteiger partial charge on any atom is 0.306 e. The van der Waals surface area contributed by atoms with E-state index in [4.69, 9.17) is 15.2 Å². The van der Waals surface area contributed by atoms with Crippen molar-refractivity contribution in [3.05, 3.63) is 29.8 Å². The third kappa shape index (κ3) is 3.31. The lowest BCUT2D eigenvalue weighted by Gasteiger charge is -2.37. The summed E-state index contributed by atoms with van der Waals surface area (Å²) in [5.41, 5.74) is 6.99. The van der Waals surface area contributed by atoms with Crippen molar-refractivity contribution in [3.8, 4) is 5.75 Å². The Morgan fingerprint density at radius 2 is 1.85 bits per heavy atom. The Labute approximate surface area is 121 Å². The normalized spacial score (nSPS) is 15.2. The number of hydrogen-bond acceptors (Lipinski definition) is 4. The number of ether oxygens (including phenoxy) is 2. The number of carbonyl (C=O) groups is 1. The molecule has 112 valence electrons. The number of nitrogens with two attached hydrogens (primary N) is 1. The molecular weight excluding hydrogens is 254 g/mol. The van der Waals surface area contributed by atoms with E-state index >= 15 is 0 Å². The zero-order valence-corrected chi connectivity index (χ0v) is 12.8. The molecule has 4 nitrogen and oxygen atoms in total. The molecule has 2 unspecified atom stereocenters. The molecule has 0 radical (unpaired) electrons. The number of hydrogen-bond donors (Lipinski definition) is 1. The SMILES string of the molecule is CCC(N)C(CC)(CC(=O)OC)c1ccc(OC)cc1. The van der Waals surface area contributed by atoms with E-state index in [0.29, 0.717) is 6.42 Å². The zero-order valence-electron chi connectivity index (χ0n) is 12.8. The first-order chi connectivity index (χ1) is 9.53. The van der Waals surface area contributed by atoms with E-state index in [1.165, 1.54) is 7.11 Å². The van der Waals surface area contributed by atoms with Crippen molar-refractivity contribution >= 4 is 5.97 Å². The summed E-state index contributed by atoms with van der Waals surface area (Å²) in [5, 5.41) is 0. The average Bonchev–Trinajstić information content (AvgIpc) is 2.51. The van der Waals surface area contributed by atoms with Gasteiger partial charge >= 0.3 is 5.97 Å². The fraction of sp³-hybridized carbons (Fsp3) is 0.562. The van der Waals surface area contributed by atoms with Crippen LogP contribution in [0.3, 0.4) is 0 Å². The third-order valence-corrected chi connectivity index (χ3v) is 4.13. The van der Waals surface area contributed by atoms with Crippen LogP contribution in [0.5, 0.6) is 5.75 Å². The highest BCUT2D eigenvalue weighted by molar-refractivity contribution is 5.71. The average molecular weight is 279 g/mol. The number of esters is 1. The molecule has 0 heterocycles. The lowest BCUT2D eigenvalue weighted by Crippen LogP contribution is -2.46. The Balaban J connectivity index is 3.22. The van der Waals surface area contributed by atoms with Crippen molar-refractivity contribution in [2.45, 2.75) is 44.6 Å². The molecule has 20 heavy (non-hydrogen) atoms. The minimum absolute atomic E-state index is 0.0972. The fourth-order valence-corrected chi connectivity index (χ4v) is 2.68. The van der Waals surface area contributed by atoms with Gasteiger partial charge in [0.25, 0.3) is 0 Å². The molecule has 0 saturated heterocycles. The van der Waals surface area contributed by atoms with E-state index in [0.717, 1.165) is 24.2 Å². The summed E-state index contributed by atoms with van der Waals surface area (Å²) >= 11 is 0. The van der Waals surface area contributed by atoms with Gasteiger partial charge in [0.1, 0.15) is 5.75 Å². The highest BCUT2D eigenvalue weighted by Crippen LogP contribution is 2.37. The number of carbonyl (C=O) groups excluding carboxylic acids is 1. The van der Waals surface area contributed by atoms with Gasteiger partial charge in [-0.15, -0.1) is 0 Å². The van der Waals surface area contributed by atoms with Gasteiger partial charge in [-0.3, -0.25) is 4.79 Å². The van der Waals surface area contributed by atoms with Crippen LogP contribution < -0.4 is 10.5 Å². The topological polar surface area (TPSA) is 61.6 Å². The quantitative estimate of drug-likeness (QED) is 0.779. The summed E-state index contributed by atoms with van der Waals surface area (Å²) in [6.07, 6.45) is 1.88. The van der Waals surface area contributed by atoms with Crippen LogP contribution in [-0.2, 0) is 14.9 Å². The lowest BCUT2D eigenvalue weighted by molar-refractivity contribution is -0.142. The molecule has 0 aliphatic carbocycles. The van der Waals surface area contributed by atoms with Crippen LogP contribution in [0, 0.1) is 0 Å². The molecule has 1 aromatic rings. The van der Waals surface area contributed by atoms with Crippen molar-refractivity contribution in [1.29, 1.82) is 0 Å². The third-order valence-electron chi connectivity index (χ3n) is 4.13. The van der Waals surface area contributed by atoms with Crippen LogP contribution in [0.1, 0.15) is 38.7 Å². The largest absolute Gasteiger partial charge is 0.497 e. The zero-order chi connectivity index (χ0) is 15.2. The van der Waals surface area contributed by atoms with Gasteiger partial charge in [-0.05, 0) is 30.5 Å². The second-order valence-electron chi connectivity index (χ2n) is 5.01. The van der Waals surface area contributed by atoms with Crippen LogP contribution >= 0.6 is 0 Å². The fourth-order valence-electron chi connectivity index (χ4n) is 2.68. The van der Waals surface area contributed by atoms with Crippen LogP contribution in [-0.4, -0.2) is 26.2 Å². The second-order valence-corrected chi connectivity index (χ2v) is 5.01. The van der Waals surface area contributed by atoms with E-state index in [2.05, 4.69) is 6.92 Å². The van der Waals surface area contributed by atoms with Crippen molar-refractivity contribution in [1.82, 2.24) is 0 Å². The van der Waals surface area contributed by atoms with Crippen molar-refractivity contribution in [2.75, 3.05) is 14.2 Å². The summed E-state index contributed by atoms with van der Waals surface area (Å²) in [6.45, 7) is 4.10. The summed E-state index contributed by atoms with van der Waals surface area (Å²) in [6, 6.07) is 7.68. The van der Waals surface area contributed by atoms with Gasteiger partial charge in [0.2, 0.25) is 0 Å². The molecule has 0 fully saturated rings. The second kappa shape index (κ2) is 7.29. The number of benzene rings is 1. The van der Waals surface area contributed by atoms with Crippen LogP contribution in [0.25, 0.3) is 0 Å². The minimum Gasteiger partial charge on any atom is -0.497 e. The van der Waals surface area contributed by atoms with Gasteiger partial charge in [-0.2, -0.15) is 0 Å². The van der Waals surface area contributed by atoms with Crippen LogP contribution in [0.2, 0.25) is 0 Å². The van der Waals surface area contributed by atoms with Crippen LogP contribution in [0.15, 0.2) is 24.3 Å². The van der Waals surface area contributed by atoms with E-state index in [1.54, 1.807) is 7.11 Å². The Morgan fingerprint density at radius 1 is 1.25 bits per heavy atom.